The summed E-state index contributed by atoms with van der Waals surface area (Å²) in [5.41, 5.74) is 0. The largest absolute Gasteiger partial charge is 0.462 e. The standard InChI is InChI=1S/C80H142O5/c1-3-5-7-9-11-13-15-17-19-21-23-25-27-29-31-33-35-37-38-39-40-41-43-44-46-48-50-52-54-56-58-60-62-64-66-68-70-72-74-79(82)84-77-78(76-81)85-80(83)75-73-71-69-67-65-63-61-59-57-55-53-51-49-47-45-42-36-34-32-30-28-26-24-22-20-18-16-14-12-10-8-6-4-2/h6,8,12,14,18,20,24,26,30,32,36,42,47,49,53,55,78,81H,3-5,7,9-11,13,15-17,19,21-23,25,27-29,31,33-35,37-41,43-46,48,50-52,54,56-77H2,1-2H3/b8-6-,14-12-,20-18-,26-24-,32-30-,42-36-,49-47-,55-53-. The smallest absolute Gasteiger partial charge is 0.306 e. The van der Waals surface area contributed by atoms with E-state index in [4.69, 9.17) is 9.47 Å². The van der Waals surface area contributed by atoms with Crippen molar-refractivity contribution in [3.05, 3.63) is 97.2 Å². The molecule has 0 heterocycles. The average molecular weight is 1180 g/mol. The zero-order valence-corrected chi connectivity index (χ0v) is 56.6. The van der Waals surface area contributed by atoms with Crippen LogP contribution in [0.3, 0.4) is 0 Å². The maximum atomic E-state index is 12.4. The molecular weight excluding hydrogens is 1040 g/mol. The maximum Gasteiger partial charge on any atom is 0.306 e. The predicted octanol–water partition coefficient (Wildman–Crippen LogP) is 26.2. The van der Waals surface area contributed by atoms with Crippen LogP contribution in [0.4, 0.5) is 0 Å². The SMILES string of the molecule is CC/C=C\C/C=C\C/C=C\C/C=C\C/C=C\C/C=C\C/C=C\C/C=C\CCCCCCCCCCC(=O)OC(CO)COC(=O)CCCCCCCCCCCCCCCCCCCCCCCCCCCCCCCCCCCCCCCC. The number of aliphatic hydroxyl groups excluding tert-OH is 1. The summed E-state index contributed by atoms with van der Waals surface area (Å²) in [6, 6.07) is 0. The molecule has 1 atom stereocenters. The molecule has 5 heteroatoms. The Labute approximate surface area is 529 Å². The molecule has 0 fully saturated rings. The number of allylic oxidation sites excluding steroid dienone is 16. The van der Waals surface area contributed by atoms with Gasteiger partial charge in [0, 0.05) is 12.8 Å². The second kappa shape index (κ2) is 75.1. The fraction of sp³-hybridized carbons (Fsp3) is 0.775. The summed E-state index contributed by atoms with van der Waals surface area (Å²) in [6.07, 6.45) is 108. The maximum absolute atomic E-state index is 12.4. The molecule has 0 amide bonds. The fourth-order valence-electron chi connectivity index (χ4n) is 11.1. The number of unbranched alkanes of at least 4 members (excludes halogenated alkanes) is 45. The summed E-state index contributed by atoms with van der Waals surface area (Å²) < 4.78 is 10.8. The number of rotatable bonds is 69. The molecule has 0 bridgehead atoms. The van der Waals surface area contributed by atoms with Crippen molar-refractivity contribution in [3.63, 3.8) is 0 Å². The van der Waals surface area contributed by atoms with Crippen LogP contribution < -0.4 is 0 Å². The van der Waals surface area contributed by atoms with Crippen molar-refractivity contribution in [2.24, 2.45) is 0 Å². The van der Waals surface area contributed by atoms with Gasteiger partial charge < -0.3 is 14.6 Å². The minimum atomic E-state index is -0.783. The number of carbonyl (C=O) groups excluding carboxylic acids is 2. The molecule has 1 N–H and O–H groups in total. The fourth-order valence-corrected chi connectivity index (χ4v) is 11.1. The average Bonchev–Trinajstić information content (AvgIpc) is 3.52. The second-order valence-electron chi connectivity index (χ2n) is 25.0. The molecule has 0 aliphatic rings. The minimum Gasteiger partial charge on any atom is -0.462 e. The second-order valence-corrected chi connectivity index (χ2v) is 25.0. The Morgan fingerprint density at radius 1 is 0.282 bits per heavy atom. The highest BCUT2D eigenvalue weighted by atomic mass is 16.6. The van der Waals surface area contributed by atoms with Gasteiger partial charge in [-0.3, -0.25) is 9.59 Å². The van der Waals surface area contributed by atoms with E-state index in [0.717, 1.165) is 96.3 Å². The summed E-state index contributed by atoms with van der Waals surface area (Å²) >= 11 is 0. The zero-order valence-electron chi connectivity index (χ0n) is 56.6. The van der Waals surface area contributed by atoms with Gasteiger partial charge in [0.15, 0.2) is 6.10 Å². The first-order chi connectivity index (χ1) is 42.1. The molecule has 0 saturated heterocycles. The van der Waals surface area contributed by atoms with E-state index in [1.54, 1.807) is 0 Å². The molecule has 0 aliphatic heterocycles. The minimum absolute atomic E-state index is 0.0701. The normalized spacial score (nSPS) is 12.7. The molecular formula is C80H142O5. The summed E-state index contributed by atoms with van der Waals surface area (Å²) in [7, 11) is 0. The number of aliphatic hydroxyl groups is 1. The van der Waals surface area contributed by atoms with E-state index in [1.807, 2.05) is 0 Å². The highest BCUT2D eigenvalue weighted by molar-refractivity contribution is 5.70. The van der Waals surface area contributed by atoms with Crippen LogP contribution in [-0.4, -0.2) is 36.4 Å². The Morgan fingerprint density at radius 3 is 0.765 bits per heavy atom. The van der Waals surface area contributed by atoms with E-state index in [9.17, 15) is 14.7 Å². The van der Waals surface area contributed by atoms with Gasteiger partial charge in [-0.2, -0.15) is 0 Å². The molecule has 0 saturated carbocycles. The van der Waals surface area contributed by atoms with Crippen molar-refractivity contribution in [3.8, 4) is 0 Å². The molecule has 0 aromatic rings. The monoisotopic (exact) mass is 1180 g/mol. The molecule has 492 valence electrons. The van der Waals surface area contributed by atoms with Crippen LogP contribution in [0.2, 0.25) is 0 Å². The van der Waals surface area contributed by atoms with Gasteiger partial charge >= 0.3 is 11.9 Å². The lowest BCUT2D eigenvalue weighted by Crippen LogP contribution is -2.28. The number of carbonyl (C=O) groups is 2. The Kier molecular flexibility index (Phi) is 72.3. The molecule has 0 aromatic carbocycles. The third-order valence-electron chi connectivity index (χ3n) is 16.6. The van der Waals surface area contributed by atoms with Crippen LogP contribution in [0.1, 0.15) is 380 Å². The lowest BCUT2D eigenvalue weighted by Gasteiger charge is -2.15. The van der Waals surface area contributed by atoms with Gasteiger partial charge in [0.2, 0.25) is 0 Å². The first-order valence-electron chi connectivity index (χ1n) is 37.3. The molecule has 0 aliphatic carbocycles. The van der Waals surface area contributed by atoms with Crippen LogP contribution in [0.5, 0.6) is 0 Å². The van der Waals surface area contributed by atoms with Gasteiger partial charge in [-0.05, 0) is 77.0 Å². The highest BCUT2D eigenvalue weighted by Gasteiger charge is 2.16. The number of hydrogen-bond donors (Lipinski definition) is 1. The van der Waals surface area contributed by atoms with Crippen molar-refractivity contribution < 1.29 is 24.2 Å². The van der Waals surface area contributed by atoms with Gasteiger partial charge in [-0.1, -0.05) is 387 Å². The zero-order chi connectivity index (χ0) is 61.2. The van der Waals surface area contributed by atoms with E-state index in [0.29, 0.717) is 12.8 Å². The van der Waals surface area contributed by atoms with Gasteiger partial charge in [0.05, 0.1) is 6.61 Å². The molecule has 85 heavy (non-hydrogen) atoms. The quantitative estimate of drug-likeness (QED) is 0.0373. The molecule has 0 rings (SSSR count). The summed E-state index contributed by atoms with van der Waals surface area (Å²) in [6.45, 7) is 4.06. The molecule has 5 nitrogen and oxygen atoms in total. The van der Waals surface area contributed by atoms with Gasteiger partial charge in [-0.25, -0.2) is 0 Å². The highest BCUT2D eigenvalue weighted by Crippen LogP contribution is 2.19. The van der Waals surface area contributed by atoms with E-state index >= 15 is 0 Å². The summed E-state index contributed by atoms with van der Waals surface area (Å²) in [5.74, 6) is -0.589. The lowest BCUT2D eigenvalue weighted by atomic mass is 10.0. The van der Waals surface area contributed by atoms with Crippen LogP contribution in [0.25, 0.3) is 0 Å². The Balaban J connectivity index is 3.45. The molecule has 0 radical (unpaired) electrons. The van der Waals surface area contributed by atoms with Crippen LogP contribution in [0, 0.1) is 0 Å². The Bertz CT molecular complexity index is 1580. The summed E-state index contributed by atoms with van der Waals surface area (Å²) in [5, 5.41) is 9.71. The third-order valence-corrected chi connectivity index (χ3v) is 16.6. The van der Waals surface area contributed by atoms with E-state index in [1.165, 1.54) is 257 Å². The van der Waals surface area contributed by atoms with Gasteiger partial charge in [0.25, 0.3) is 0 Å². The van der Waals surface area contributed by atoms with Gasteiger partial charge in [-0.15, -0.1) is 0 Å². The van der Waals surface area contributed by atoms with E-state index in [-0.39, 0.29) is 25.2 Å². The van der Waals surface area contributed by atoms with Gasteiger partial charge in [0.1, 0.15) is 6.61 Å². The Morgan fingerprint density at radius 2 is 0.506 bits per heavy atom. The lowest BCUT2D eigenvalue weighted by molar-refractivity contribution is -0.161. The number of ether oxygens (including phenoxy) is 2. The molecule has 0 aromatic heterocycles. The first kappa shape index (κ1) is 81.8. The van der Waals surface area contributed by atoms with Crippen molar-refractivity contribution in [2.75, 3.05) is 13.2 Å². The van der Waals surface area contributed by atoms with E-state index < -0.39 is 6.10 Å². The van der Waals surface area contributed by atoms with E-state index in [2.05, 4.69) is 111 Å². The van der Waals surface area contributed by atoms with Crippen LogP contribution >= 0.6 is 0 Å². The van der Waals surface area contributed by atoms with Crippen molar-refractivity contribution in [2.45, 2.75) is 386 Å². The van der Waals surface area contributed by atoms with Crippen LogP contribution in [-0.2, 0) is 19.1 Å². The topological polar surface area (TPSA) is 72.8 Å². The number of hydrogen-bond acceptors (Lipinski definition) is 5. The molecule has 1 unspecified atom stereocenters. The molecule has 0 spiro atoms. The van der Waals surface area contributed by atoms with Crippen molar-refractivity contribution in [1.29, 1.82) is 0 Å². The Hall–Kier alpha value is -3.18. The van der Waals surface area contributed by atoms with Crippen molar-refractivity contribution in [1.82, 2.24) is 0 Å². The summed E-state index contributed by atoms with van der Waals surface area (Å²) in [4.78, 5) is 24.7. The van der Waals surface area contributed by atoms with Crippen LogP contribution in [0.15, 0.2) is 97.2 Å². The number of esters is 2. The first-order valence-corrected chi connectivity index (χ1v) is 37.3. The predicted molar refractivity (Wildman–Crippen MR) is 376 cm³/mol. The van der Waals surface area contributed by atoms with Crippen molar-refractivity contribution >= 4 is 11.9 Å². The third kappa shape index (κ3) is 73.2.